The quantitative estimate of drug-likeness (QED) is 0.295. The van der Waals surface area contributed by atoms with Crippen molar-refractivity contribution in [1.82, 2.24) is 16.0 Å². The molecule has 3 aliphatic rings. The lowest BCUT2D eigenvalue weighted by atomic mass is 9.58. The van der Waals surface area contributed by atoms with E-state index in [2.05, 4.69) is 28.9 Å². The van der Waals surface area contributed by atoms with E-state index in [9.17, 15) is 5.26 Å². The maximum Gasteiger partial charge on any atom is 0.0660 e. The molecular weight excluding hydrogens is 536 g/mol. The first kappa shape index (κ1) is 37.8. The molecule has 0 aromatic rings. The monoisotopic (exact) mass is 613 g/mol. The molecule has 3 N–H and O–H groups in total. The molecule has 3 fully saturated rings. The van der Waals surface area contributed by atoms with Crippen molar-refractivity contribution in [2.24, 2.45) is 11.3 Å². The van der Waals surface area contributed by atoms with E-state index in [1.165, 1.54) is 193 Å². The van der Waals surface area contributed by atoms with Crippen molar-refractivity contribution in [3.05, 3.63) is 0 Å². The average Bonchev–Trinajstić information content (AvgIpc) is 3.10. The molecular formula is C40H76N4. The lowest BCUT2D eigenvalue weighted by Crippen LogP contribution is -2.68. The van der Waals surface area contributed by atoms with Gasteiger partial charge >= 0.3 is 0 Å². The van der Waals surface area contributed by atoms with Crippen LogP contribution in [-0.2, 0) is 0 Å². The van der Waals surface area contributed by atoms with Gasteiger partial charge in [0.2, 0.25) is 0 Å². The van der Waals surface area contributed by atoms with Gasteiger partial charge in [0.05, 0.1) is 12.0 Å². The van der Waals surface area contributed by atoms with E-state index in [-0.39, 0.29) is 11.3 Å². The third-order valence-corrected chi connectivity index (χ3v) is 11.9. The minimum absolute atomic E-state index is 0.0112. The molecule has 0 aromatic heterocycles. The number of nitrogens with zero attached hydrogens (tertiary/aromatic N) is 1. The SMILES string of the molecule is CC(C#N)C(C1CCCCCCCCCCCN1)(C1CCCCCCCCCCCN1)C1CCCCCCCCCCCN1. The van der Waals surface area contributed by atoms with Crippen molar-refractivity contribution in [3.8, 4) is 6.07 Å². The van der Waals surface area contributed by atoms with Crippen molar-refractivity contribution in [2.75, 3.05) is 19.6 Å². The highest BCUT2D eigenvalue weighted by Gasteiger charge is 2.53. The first-order valence-corrected chi connectivity index (χ1v) is 20.4. The molecule has 0 amide bonds. The Morgan fingerprint density at radius 2 is 0.636 bits per heavy atom. The number of hydrogen-bond acceptors (Lipinski definition) is 4. The zero-order chi connectivity index (χ0) is 31.0. The fraction of sp³-hybridized carbons (Fsp3) is 0.975. The van der Waals surface area contributed by atoms with Gasteiger partial charge in [-0.1, -0.05) is 154 Å². The molecule has 4 heteroatoms. The molecule has 4 unspecified atom stereocenters. The maximum absolute atomic E-state index is 11.0. The summed E-state index contributed by atoms with van der Waals surface area (Å²) in [5.74, 6) is 0.0112. The standard InChI is InChI=1S/C40H76N4/c1-36(35-41)40(37-29-23-17-11-5-2-8-14-20-26-32-42-37,38-30-24-18-12-6-3-9-15-21-27-33-43-38)39-31-25-19-13-7-4-10-16-22-28-34-44-39/h36-39,42-44H,2-34H2,1H3. The Morgan fingerprint density at radius 3 is 0.886 bits per heavy atom. The van der Waals surface area contributed by atoms with Crippen LogP contribution in [-0.4, -0.2) is 37.8 Å². The molecule has 0 aromatic carbocycles. The van der Waals surface area contributed by atoms with Gasteiger partial charge in [-0.25, -0.2) is 0 Å². The van der Waals surface area contributed by atoms with Crippen LogP contribution in [0, 0.1) is 22.7 Å². The fourth-order valence-corrected chi connectivity index (χ4v) is 9.29. The van der Waals surface area contributed by atoms with Crippen LogP contribution in [0.25, 0.3) is 0 Å². The van der Waals surface area contributed by atoms with Gasteiger partial charge in [-0.05, 0) is 65.1 Å². The molecule has 0 radical (unpaired) electrons. The van der Waals surface area contributed by atoms with Gasteiger partial charge in [-0.15, -0.1) is 0 Å². The van der Waals surface area contributed by atoms with Crippen LogP contribution >= 0.6 is 0 Å². The predicted octanol–water partition coefficient (Wildman–Crippen LogP) is 10.8. The van der Waals surface area contributed by atoms with Crippen molar-refractivity contribution in [2.45, 2.75) is 218 Å². The summed E-state index contributed by atoms with van der Waals surface area (Å²) in [6.45, 7) is 5.67. The second kappa shape index (κ2) is 24.5. The molecule has 0 bridgehead atoms. The van der Waals surface area contributed by atoms with Gasteiger partial charge in [0.25, 0.3) is 0 Å². The Labute approximate surface area is 275 Å². The van der Waals surface area contributed by atoms with Crippen LogP contribution < -0.4 is 16.0 Å². The summed E-state index contributed by atoms with van der Waals surface area (Å²) in [7, 11) is 0. The Balaban J connectivity index is 2.01. The molecule has 3 saturated heterocycles. The van der Waals surface area contributed by atoms with E-state index in [1.54, 1.807) is 0 Å². The second-order valence-electron chi connectivity index (χ2n) is 15.3. The van der Waals surface area contributed by atoms with Crippen LogP contribution in [0.3, 0.4) is 0 Å². The highest BCUT2D eigenvalue weighted by molar-refractivity contribution is 5.13. The van der Waals surface area contributed by atoms with E-state index in [0.29, 0.717) is 18.1 Å². The highest BCUT2D eigenvalue weighted by Crippen LogP contribution is 2.45. The summed E-state index contributed by atoms with van der Waals surface area (Å²) in [5, 5.41) is 23.8. The maximum atomic E-state index is 11.0. The van der Waals surface area contributed by atoms with Crippen molar-refractivity contribution in [1.29, 1.82) is 5.26 Å². The second-order valence-corrected chi connectivity index (χ2v) is 15.3. The Bertz CT molecular complexity index is 596. The predicted molar refractivity (Wildman–Crippen MR) is 191 cm³/mol. The molecule has 0 saturated carbocycles. The zero-order valence-electron chi connectivity index (χ0n) is 29.6. The van der Waals surface area contributed by atoms with Crippen LogP contribution in [0.5, 0.6) is 0 Å². The van der Waals surface area contributed by atoms with Gasteiger partial charge < -0.3 is 16.0 Å². The minimum atomic E-state index is -0.102. The van der Waals surface area contributed by atoms with Gasteiger partial charge in [0, 0.05) is 23.5 Å². The Kier molecular flexibility index (Phi) is 21.1. The van der Waals surface area contributed by atoms with Gasteiger partial charge in [0.15, 0.2) is 0 Å². The molecule has 256 valence electrons. The zero-order valence-corrected chi connectivity index (χ0v) is 29.6. The van der Waals surface area contributed by atoms with Gasteiger partial charge in [-0.3, -0.25) is 0 Å². The summed E-state index contributed by atoms with van der Waals surface area (Å²) in [5.41, 5.74) is -0.102. The third kappa shape index (κ3) is 13.6. The topological polar surface area (TPSA) is 59.9 Å². The Hall–Kier alpha value is -0.630. The minimum Gasteiger partial charge on any atom is -0.313 e. The van der Waals surface area contributed by atoms with E-state index in [1.807, 2.05) is 0 Å². The Morgan fingerprint density at radius 1 is 0.409 bits per heavy atom. The summed E-state index contributed by atoms with van der Waals surface area (Å²) >= 11 is 0. The van der Waals surface area contributed by atoms with Crippen LogP contribution in [0.1, 0.15) is 200 Å². The lowest BCUT2D eigenvalue weighted by molar-refractivity contribution is 0.0170. The molecule has 3 rings (SSSR count). The van der Waals surface area contributed by atoms with E-state index < -0.39 is 0 Å². The summed E-state index contributed by atoms with van der Waals surface area (Å²) in [4.78, 5) is 0. The van der Waals surface area contributed by atoms with E-state index in [4.69, 9.17) is 0 Å². The molecule has 0 spiro atoms. The molecule has 4 atom stereocenters. The van der Waals surface area contributed by atoms with Crippen LogP contribution in [0.15, 0.2) is 0 Å². The van der Waals surface area contributed by atoms with Gasteiger partial charge in [-0.2, -0.15) is 5.26 Å². The molecule has 3 heterocycles. The normalized spacial score (nSPS) is 30.6. The molecule has 4 nitrogen and oxygen atoms in total. The van der Waals surface area contributed by atoms with E-state index in [0.717, 1.165) is 19.6 Å². The number of hydrogen-bond donors (Lipinski definition) is 3. The fourth-order valence-electron chi connectivity index (χ4n) is 9.29. The van der Waals surface area contributed by atoms with Crippen molar-refractivity contribution < 1.29 is 0 Å². The van der Waals surface area contributed by atoms with E-state index >= 15 is 0 Å². The van der Waals surface area contributed by atoms with Crippen molar-refractivity contribution in [3.63, 3.8) is 0 Å². The van der Waals surface area contributed by atoms with Gasteiger partial charge in [0.1, 0.15) is 0 Å². The summed E-state index contributed by atoms with van der Waals surface area (Å²) in [6.07, 6.45) is 40.6. The highest BCUT2D eigenvalue weighted by atomic mass is 15.1. The summed E-state index contributed by atoms with van der Waals surface area (Å²) < 4.78 is 0. The number of nitriles is 1. The molecule has 44 heavy (non-hydrogen) atoms. The third-order valence-electron chi connectivity index (χ3n) is 11.9. The van der Waals surface area contributed by atoms with Crippen molar-refractivity contribution >= 4 is 0 Å². The average molecular weight is 613 g/mol. The van der Waals surface area contributed by atoms with Crippen LogP contribution in [0.2, 0.25) is 0 Å². The number of nitrogens with one attached hydrogen (secondary N) is 3. The molecule has 0 aliphatic carbocycles. The smallest absolute Gasteiger partial charge is 0.0660 e. The lowest BCUT2D eigenvalue weighted by Gasteiger charge is -2.54. The van der Waals surface area contributed by atoms with Crippen LogP contribution in [0.4, 0.5) is 0 Å². The first-order valence-electron chi connectivity index (χ1n) is 20.4. The summed E-state index contributed by atoms with van der Waals surface area (Å²) in [6, 6.07) is 4.13. The first-order chi connectivity index (χ1) is 21.8. The largest absolute Gasteiger partial charge is 0.313 e. The number of rotatable bonds is 4. The molecule has 3 aliphatic heterocycles.